The predicted octanol–water partition coefficient (Wildman–Crippen LogP) is 4.48. The van der Waals surface area contributed by atoms with E-state index in [1.165, 1.54) is 14.0 Å². The molecule has 0 aromatic heterocycles. The molecule has 0 N–H and O–H groups in total. The van der Waals surface area contributed by atoms with Crippen molar-refractivity contribution in [3.63, 3.8) is 0 Å². The number of amides is 1. The molecular formula is C21H26BrNO5S. The number of ether oxygens (including phenoxy) is 1. The summed E-state index contributed by atoms with van der Waals surface area (Å²) >= 11 is 3.38. The van der Waals surface area contributed by atoms with E-state index in [4.69, 9.17) is 8.92 Å². The van der Waals surface area contributed by atoms with E-state index in [2.05, 4.69) is 15.9 Å². The molecule has 158 valence electrons. The maximum Gasteiger partial charge on any atom is 0.309 e. The Morgan fingerprint density at radius 1 is 1.10 bits per heavy atom. The van der Waals surface area contributed by atoms with Crippen molar-refractivity contribution in [1.29, 1.82) is 0 Å². The lowest BCUT2D eigenvalue weighted by molar-refractivity contribution is 0.0722. The Morgan fingerprint density at radius 2 is 1.76 bits per heavy atom. The van der Waals surface area contributed by atoms with Crippen molar-refractivity contribution in [3.05, 3.63) is 58.1 Å². The molecule has 0 bridgehead atoms. The van der Waals surface area contributed by atoms with Crippen molar-refractivity contribution in [3.8, 4) is 11.5 Å². The van der Waals surface area contributed by atoms with Gasteiger partial charge in [0.25, 0.3) is 5.91 Å². The summed E-state index contributed by atoms with van der Waals surface area (Å²) < 4.78 is 35.1. The lowest BCUT2D eigenvalue weighted by atomic mass is 10.1. The van der Waals surface area contributed by atoms with Gasteiger partial charge in [-0.25, -0.2) is 0 Å². The van der Waals surface area contributed by atoms with E-state index in [1.807, 2.05) is 26.0 Å². The average molecular weight is 484 g/mol. The van der Waals surface area contributed by atoms with E-state index in [0.29, 0.717) is 24.4 Å². The van der Waals surface area contributed by atoms with Crippen LogP contribution >= 0.6 is 15.9 Å². The minimum absolute atomic E-state index is 0.0920. The van der Waals surface area contributed by atoms with Crippen molar-refractivity contribution < 1.29 is 22.1 Å². The van der Waals surface area contributed by atoms with Gasteiger partial charge in [0.1, 0.15) is 0 Å². The molecule has 0 atom stereocenters. The zero-order valence-electron chi connectivity index (χ0n) is 17.0. The van der Waals surface area contributed by atoms with E-state index in [-0.39, 0.29) is 23.3 Å². The van der Waals surface area contributed by atoms with Crippen LogP contribution in [0.5, 0.6) is 11.5 Å². The van der Waals surface area contributed by atoms with E-state index < -0.39 is 10.1 Å². The second kappa shape index (κ2) is 10.1. The molecule has 8 heteroatoms. The van der Waals surface area contributed by atoms with Gasteiger partial charge < -0.3 is 13.8 Å². The first-order valence-corrected chi connectivity index (χ1v) is 11.7. The number of benzene rings is 2. The summed E-state index contributed by atoms with van der Waals surface area (Å²) in [6, 6.07) is 12.3. The van der Waals surface area contributed by atoms with Crippen LogP contribution in [0.3, 0.4) is 0 Å². The Labute approximate surface area is 181 Å². The van der Waals surface area contributed by atoms with Gasteiger partial charge in [0.05, 0.1) is 12.9 Å². The first kappa shape index (κ1) is 23.2. The third kappa shape index (κ3) is 6.75. The number of halogens is 1. The topological polar surface area (TPSA) is 72.9 Å². The number of rotatable bonds is 9. The van der Waals surface area contributed by atoms with Gasteiger partial charge in [-0.1, -0.05) is 35.8 Å². The molecule has 0 radical (unpaired) electrons. The summed E-state index contributed by atoms with van der Waals surface area (Å²) in [7, 11) is -2.25. The second-order valence-corrected chi connectivity index (χ2v) is 9.78. The van der Waals surface area contributed by atoms with Crippen LogP contribution in [0.4, 0.5) is 0 Å². The molecule has 0 aliphatic carbocycles. The summed E-state index contributed by atoms with van der Waals surface area (Å²) in [5.41, 5.74) is 1.34. The van der Waals surface area contributed by atoms with Crippen molar-refractivity contribution in [2.45, 2.75) is 27.3 Å². The van der Waals surface area contributed by atoms with E-state index in [0.717, 1.165) is 10.0 Å². The highest BCUT2D eigenvalue weighted by atomic mass is 79.9. The van der Waals surface area contributed by atoms with Crippen molar-refractivity contribution >= 4 is 32.0 Å². The van der Waals surface area contributed by atoms with E-state index >= 15 is 0 Å². The highest BCUT2D eigenvalue weighted by Gasteiger charge is 2.20. The highest BCUT2D eigenvalue weighted by Crippen LogP contribution is 2.30. The standard InChI is InChI=1S/C21H26BrNO5S/c1-5-29(25,26)28-20-12-16(6-11-19(20)27-4)14-23(13-15(2)3)21(24)17-7-9-18(22)10-8-17/h6-12,15H,5,13-14H2,1-4H3. The van der Waals surface area contributed by atoms with Crippen molar-refractivity contribution in [1.82, 2.24) is 4.90 Å². The van der Waals surface area contributed by atoms with Crippen LogP contribution in [-0.2, 0) is 16.7 Å². The van der Waals surface area contributed by atoms with Gasteiger partial charge >= 0.3 is 10.1 Å². The van der Waals surface area contributed by atoms with Crippen molar-refractivity contribution in [2.75, 3.05) is 19.4 Å². The lowest BCUT2D eigenvalue weighted by Crippen LogP contribution is -2.33. The molecule has 0 saturated heterocycles. The average Bonchev–Trinajstić information content (AvgIpc) is 2.67. The summed E-state index contributed by atoms with van der Waals surface area (Å²) in [6.07, 6.45) is 0. The zero-order valence-corrected chi connectivity index (χ0v) is 19.4. The predicted molar refractivity (Wildman–Crippen MR) is 117 cm³/mol. The molecule has 2 aromatic rings. The van der Waals surface area contributed by atoms with Gasteiger partial charge in [0.2, 0.25) is 0 Å². The van der Waals surface area contributed by atoms with Gasteiger partial charge in [-0.2, -0.15) is 8.42 Å². The molecule has 0 aliphatic rings. The van der Waals surface area contributed by atoms with Crippen LogP contribution in [0.1, 0.15) is 36.7 Å². The van der Waals surface area contributed by atoms with Crippen LogP contribution in [0.2, 0.25) is 0 Å². The summed E-state index contributed by atoms with van der Waals surface area (Å²) in [4.78, 5) is 14.8. The SMILES string of the molecule is CCS(=O)(=O)Oc1cc(CN(CC(C)C)C(=O)c2ccc(Br)cc2)ccc1OC. The molecule has 29 heavy (non-hydrogen) atoms. The normalized spacial score (nSPS) is 11.4. The zero-order chi connectivity index (χ0) is 21.6. The number of carbonyl (C=O) groups is 1. The van der Waals surface area contributed by atoms with Gasteiger partial charge in [0.15, 0.2) is 11.5 Å². The molecule has 0 unspecified atom stereocenters. The fraction of sp³-hybridized carbons (Fsp3) is 0.381. The van der Waals surface area contributed by atoms with Crippen molar-refractivity contribution in [2.24, 2.45) is 5.92 Å². The second-order valence-electron chi connectivity index (χ2n) is 7.00. The molecule has 0 aliphatic heterocycles. The Balaban J connectivity index is 2.32. The summed E-state index contributed by atoms with van der Waals surface area (Å²) in [5.74, 6) is 0.462. The maximum absolute atomic E-state index is 13.0. The first-order chi connectivity index (χ1) is 13.6. The van der Waals surface area contributed by atoms with Crippen LogP contribution in [0.15, 0.2) is 46.9 Å². The lowest BCUT2D eigenvalue weighted by Gasteiger charge is -2.25. The Kier molecular flexibility index (Phi) is 8.10. The quantitative estimate of drug-likeness (QED) is 0.491. The van der Waals surface area contributed by atoms with Crippen LogP contribution < -0.4 is 8.92 Å². The minimum atomic E-state index is -3.70. The fourth-order valence-corrected chi connectivity index (χ4v) is 3.52. The van der Waals surface area contributed by atoms with Gasteiger partial charge in [-0.05, 0) is 54.8 Å². The Bertz CT molecular complexity index is 942. The molecule has 2 rings (SSSR count). The highest BCUT2D eigenvalue weighted by molar-refractivity contribution is 9.10. The van der Waals surface area contributed by atoms with E-state index in [9.17, 15) is 13.2 Å². The first-order valence-electron chi connectivity index (χ1n) is 9.29. The molecule has 0 fully saturated rings. The number of hydrogen-bond acceptors (Lipinski definition) is 5. The third-order valence-electron chi connectivity index (χ3n) is 4.14. The third-order valence-corrected chi connectivity index (χ3v) is 5.80. The fourth-order valence-electron chi connectivity index (χ4n) is 2.74. The molecule has 1 amide bonds. The summed E-state index contributed by atoms with van der Waals surface area (Å²) in [6.45, 7) is 6.47. The van der Waals surface area contributed by atoms with Crippen LogP contribution in [-0.4, -0.2) is 38.6 Å². The number of hydrogen-bond donors (Lipinski definition) is 0. The number of methoxy groups -OCH3 is 1. The van der Waals surface area contributed by atoms with Gasteiger partial charge in [0, 0.05) is 23.1 Å². The smallest absolute Gasteiger partial charge is 0.309 e. The molecular weight excluding hydrogens is 458 g/mol. The van der Waals surface area contributed by atoms with E-state index in [1.54, 1.807) is 35.2 Å². The van der Waals surface area contributed by atoms with Crippen LogP contribution in [0.25, 0.3) is 0 Å². The monoisotopic (exact) mass is 483 g/mol. The van der Waals surface area contributed by atoms with Gasteiger partial charge in [-0.3, -0.25) is 4.79 Å². The maximum atomic E-state index is 13.0. The number of nitrogens with zero attached hydrogens (tertiary/aromatic N) is 1. The Morgan fingerprint density at radius 3 is 2.31 bits per heavy atom. The van der Waals surface area contributed by atoms with Gasteiger partial charge in [-0.15, -0.1) is 0 Å². The molecule has 0 spiro atoms. The minimum Gasteiger partial charge on any atom is -0.493 e. The molecule has 0 heterocycles. The number of carbonyl (C=O) groups excluding carboxylic acids is 1. The molecule has 2 aromatic carbocycles. The molecule has 0 saturated carbocycles. The van der Waals surface area contributed by atoms with Crippen LogP contribution in [0, 0.1) is 5.92 Å². The summed E-state index contributed by atoms with van der Waals surface area (Å²) in [5, 5.41) is 0. The Hall–Kier alpha value is -2.06. The largest absolute Gasteiger partial charge is 0.493 e. The molecule has 6 nitrogen and oxygen atoms in total.